The summed E-state index contributed by atoms with van der Waals surface area (Å²) in [6.45, 7) is 11.7. The average molecular weight is 191 g/mol. The maximum Gasteiger partial charge on any atom is 0.115 e. The summed E-state index contributed by atoms with van der Waals surface area (Å²) in [7, 11) is 1.97. The van der Waals surface area contributed by atoms with Crippen molar-refractivity contribution in [2.45, 2.75) is 47.2 Å². The fourth-order valence-electron chi connectivity index (χ4n) is 1.17. The third-order valence-corrected chi connectivity index (χ3v) is 2.07. The second-order valence-corrected chi connectivity index (χ2v) is 3.04. The van der Waals surface area contributed by atoms with Crippen LogP contribution in [0.2, 0.25) is 0 Å². The zero-order chi connectivity index (χ0) is 10.9. The van der Waals surface area contributed by atoms with E-state index in [9.17, 15) is 4.39 Å². The first-order chi connectivity index (χ1) is 6.20. The van der Waals surface area contributed by atoms with Gasteiger partial charge >= 0.3 is 0 Å². The number of likely N-dealkylation sites (tertiary alicyclic amines) is 1. The molecule has 1 heterocycles. The van der Waals surface area contributed by atoms with Crippen LogP contribution in [0.25, 0.3) is 0 Å². The molecule has 0 spiro atoms. The molecule has 0 aromatic carbocycles. The van der Waals surface area contributed by atoms with Crippen LogP contribution in [0.15, 0.2) is 0 Å². The summed E-state index contributed by atoms with van der Waals surface area (Å²) >= 11 is 0. The SMILES string of the molecule is CC.CC.CC1CCN(C)CC1F. The van der Waals surface area contributed by atoms with Gasteiger partial charge in [0.2, 0.25) is 0 Å². The van der Waals surface area contributed by atoms with E-state index in [0.29, 0.717) is 6.54 Å². The van der Waals surface area contributed by atoms with Gasteiger partial charge in [0.05, 0.1) is 0 Å². The zero-order valence-electron chi connectivity index (χ0n) is 10.1. The number of piperidine rings is 1. The highest BCUT2D eigenvalue weighted by Gasteiger charge is 2.22. The maximum atomic E-state index is 12.8. The van der Waals surface area contributed by atoms with Gasteiger partial charge in [0.25, 0.3) is 0 Å². The highest BCUT2D eigenvalue weighted by Crippen LogP contribution is 2.17. The number of nitrogens with zero attached hydrogens (tertiary/aromatic N) is 1. The second-order valence-electron chi connectivity index (χ2n) is 3.04. The standard InChI is InChI=1S/C7H14FN.2C2H6/c1-6-3-4-9(2)5-7(6)8;2*1-2/h6-7H,3-5H2,1-2H3;2*1-2H3. The minimum Gasteiger partial charge on any atom is -0.303 e. The van der Waals surface area contributed by atoms with Crippen molar-refractivity contribution in [3.05, 3.63) is 0 Å². The number of halogens is 1. The Morgan fingerprint density at radius 1 is 1.15 bits per heavy atom. The first kappa shape index (κ1) is 15.4. The predicted molar refractivity (Wildman–Crippen MR) is 58.9 cm³/mol. The van der Waals surface area contributed by atoms with E-state index in [-0.39, 0.29) is 5.92 Å². The van der Waals surface area contributed by atoms with Crippen molar-refractivity contribution >= 4 is 0 Å². The molecule has 2 atom stereocenters. The highest BCUT2D eigenvalue weighted by molar-refractivity contribution is 4.74. The number of alkyl halides is 1. The van der Waals surface area contributed by atoms with Gasteiger partial charge in [-0.2, -0.15) is 0 Å². The molecular weight excluding hydrogens is 165 g/mol. The molecule has 0 aliphatic carbocycles. The number of hydrogen-bond donors (Lipinski definition) is 0. The van der Waals surface area contributed by atoms with E-state index in [1.807, 2.05) is 46.6 Å². The third kappa shape index (κ3) is 7.00. The first-order valence-corrected chi connectivity index (χ1v) is 5.53. The van der Waals surface area contributed by atoms with Crippen molar-refractivity contribution in [3.8, 4) is 0 Å². The quantitative estimate of drug-likeness (QED) is 0.567. The lowest BCUT2D eigenvalue weighted by Gasteiger charge is -2.29. The van der Waals surface area contributed by atoms with E-state index < -0.39 is 6.17 Å². The van der Waals surface area contributed by atoms with Gasteiger partial charge in [0.15, 0.2) is 0 Å². The Labute approximate surface area is 83.3 Å². The Balaban J connectivity index is 0. The molecule has 1 fully saturated rings. The van der Waals surface area contributed by atoms with Crippen molar-refractivity contribution in [2.75, 3.05) is 20.1 Å². The summed E-state index contributed by atoms with van der Waals surface area (Å²) in [5.74, 6) is 0.279. The molecular formula is C11H26FN. The van der Waals surface area contributed by atoms with Crippen LogP contribution < -0.4 is 0 Å². The Morgan fingerprint density at radius 2 is 1.62 bits per heavy atom. The van der Waals surface area contributed by atoms with Crippen molar-refractivity contribution in [1.29, 1.82) is 0 Å². The van der Waals surface area contributed by atoms with Crippen molar-refractivity contribution in [3.63, 3.8) is 0 Å². The van der Waals surface area contributed by atoms with Crippen molar-refractivity contribution in [2.24, 2.45) is 5.92 Å². The lowest BCUT2D eigenvalue weighted by atomic mass is 9.98. The van der Waals surface area contributed by atoms with Crippen LogP contribution in [-0.2, 0) is 0 Å². The van der Waals surface area contributed by atoms with Crippen molar-refractivity contribution in [1.82, 2.24) is 4.90 Å². The van der Waals surface area contributed by atoms with E-state index >= 15 is 0 Å². The monoisotopic (exact) mass is 191 g/mol. The molecule has 0 aromatic rings. The van der Waals surface area contributed by atoms with Crippen LogP contribution in [0.3, 0.4) is 0 Å². The van der Waals surface area contributed by atoms with E-state index in [4.69, 9.17) is 0 Å². The molecule has 0 amide bonds. The molecule has 1 aliphatic heterocycles. The molecule has 13 heavy (non-hydrogen) atoms. The summed E-state index contributed by atoms with van der Waals surface area (Å²) < 4.78 is 12.8. The van der Waals surface area contributed by atoms with Gasteiger partial charge in [-0.1, -0.05) is 34.6 Å². The van der Waals surface area contributed by atoms with Crippen LogP contribution in [0, 0.1) is 5.92 Å². The van der Waals surface area contributed by atoms with Gasteiger partial charge in [-0.25, -0.2) is 4.39 Å². The minimum absolute atomic E-state index is 0.279. The van der Waals surface area contributed by atoms with E-state index in [1.54, 1.807) is 0 Å². The second kappa shape index (κ2) is 9.97. The van der Waals surface area contributed by atoms with Gasteiger partial charge < -0.3 is 4.90 Å². The van der Waals surface area contributed by atoms with Crippen LogP contribution in [-0.4, -0.2) is 31.2 Å². The first-order valence-electron chi connectivity index (χ1n) is 5.53. The number of hydrogen-bond acceptors (Lipinski definition) is 1. The molecule has 82 valence electrons. The highest BCUT2D eigenvalue weighted by atomic mass is 19.1. The lowest BCUT2D eigenvalue weighted by Crippen LogP contribution is -2.38. The predicted octanol–water partition coefficient (Wildman–Crippen LogP) is 3.35. The summed E-state index contributed by atoms with van der Waals surface area (Å²) in [6.07, 6.45) is 0.418. The molecule has 0 aromatic heterocycles. The summed E-state index contributed by atoms with van der Waals surface area (Å²) in [4.78, 5) is 2.05. The summed E-state index contributed by atoms with van der Waals surface area (Å²) in [5, 5.41) is 0. The Bertz CT molecular complexity index is 96.1. The molecule has 2 heteroatoms. The molecule has 1 aliphatic rings. The summed E-state index contributed by atoms with van der Waals surface area (Å²) in [6, 6.07) is 0. The van der Waals surface area contributed by atoms with Crippen LogP contribution in [0.1, 0.15) is 41.0 Å². The largest absolute Gasteiger partial charge is 0.303 e. The van der Waals surface area contributed by atoms with Gasteiger partial charge in [-0.05, 0) is 25.9 Å². The summed E-state index contributed by atoms with van der Waals surface area (Å²) in [5.41, 5.74) is 0. The molecule has 0 bridgehead atoms. The lowest BCUT2D eigenvalue weighted by molar-refractivity contribution is 0.112. The number of rotatable bonds is 0. The smallest absolute Gasteiger partial charge is 0.115 e. The topological polar surface area (TPSA) is 3.24 Å². The van der Waals surface area contributed by atoms with E-state index in [2.05, 4.69) is 0 Å². The Hall–Kier alpha value is -0.110. The van der Waals surface area contributed by atoms with E-state index in [1.165, 1.54) is 0 Å². The molecule has 1 rings (SSSR count). The molecule has 1 saturated heterocycles. The Kier molecular flexibility index (Phi) is 11.8. The zero-order valence-corrected chi connectivity index (χ0v) is 10.1. The normalized spacial score (nSPS) is 27.9. The molecule has 2 unspecified atom stereocenters. The Morgan fingerprint density at radius 3 is 1.92 bits per heavy atom. The third-order valence-electron chi connectivity index (χ3n) is 2.07. The fraction of sp³-hybridized carbons (Fsp3) is 1.00. The maximum absolute atomic E-state index is 12.8. The van der Waals surface area contributed by atoms with Crippen LogP contribution >= 0.6 is 0 Å². The minimum atomic E-state index is -0.594. The molecule has 1 nitrogen and oxygen atoms in total. The van der Waals surface area contributed by atoms with Gasteiger partial charge in [-0.15, -0.1) is 0 Å². The molecule has 0 N–H and O–H groups in total. The van der Waals surface area contributed by atoms with Gasteiger partial charge in [0.1, 0.15) is 6.17 Å². The van der Waals surface area contributed by atoms with Gasteiger partial charge in [0, 0.05) is 6.54 Å². The van der Waals surface area contributed by atoms with Crippen molar-refractivity contribution < 1.29 is 4.39 Å². The van der Waals surface area contributed by atoms with Crippen LogP contribution in [0.4, 0.5) is 4.39 Å². The molecule has 0 radical (unpaired) electrons. The van der Waals surface area contributed by atoms with E-state index in [0.717, 1.165) is 13.0 Å². The van der Waals surface area contributed by atoms with Gasteiger partial charge in [-0.3, -0.25) is 0 Å². The fourth-order valence-corrected chi connectivity index (χ4v) is 1.17. The molecule has 0 saturated carbocycles. The average Bonchev–Trinajstić information content (AvgIpc) is 2.18. The van der Waals surface area contributed by atoms with Crippen LogP contribution in [0.5, 0.6) is 0 Å².